The van der Waals surface area contributed by atoms with Gasteiger partial charge in [0, 0.05) is 19.4 Å². The van der Waals surface area contributed by atoms with Gasteiger partial charge in [-0.2, -0.15) is 0 Å². The van der Waals surface area contributed by atoms with Gasteiger partial charge in [0.15, 0.2) is 6.10 Å². The maximum atomic E-state index is 12.7. The van der Waals surface area contributed by atoms with Crippen molar-refractivity contribution in [1.29, 1.82) is 0 Å². The predicted molar refractivity (Wildman–Crippen MR) is 242 cm³/mol. The fraction of sp³-hybridized carbons (Fsp3) is 0.882. The lowest BCUT2D eigenvalue weighted by atomic mass is 10.1. The van der Waals surface area contributed by atoms with Crippen molar-refractivity contribution in [2.45, 2.75) is 271 Å². The number of carbonyl (C=O) groups is 2. The van der Waals surface area contributed by atoms with Crippen molar-refractivity contribution in [3.8, 4) is 0 Å². The summed E-state index contributed by atoms with van der Waals surface area (Å²) in [5.41, 5.74) is 0. The summed E-state index contributed by atoms with van der Waals surface area (Å²) in [6.07, 6.45) is 54.6. The van der Waals surface area contributed by atoms with E-state index in [2.05, 4.69) is 45.1 Å². The first-order valence-electron chi connectivity index (χ1n) is 24.9. The lowest BCUT2D eigenvalue weighted by molar-refractivity contribution is -0.163. The fourth-order valence-corrected chi connectivity index (χ4v) is 7.25. The van der Waals surface area contributed by atoms with Crippen LogP contribution < -0.4 is 0 Å². The molecule has 0 bridgehead atoms. The summed E-state index contributed by atoms with van der Waals surface area (Å²) in [5, 5.41) is 0. The van der Waals surface area contributed by atoms with Crippen LogP contribution in [0.3, 0.4) is 0 Å². The zero-order valence-corrected chi connectivity index (χ0v) is 37.9. The monoisotopic (exact) mass is 789 g/mol. The van der Waals surface area contributed by atoms with Crippen LogP contribution in [0.2, 0.25) is 0 Å². The molecule has 0 aliphatic carbocycles. The molecule has 0 radical (unpaired) electrons. The normalized spacial score (nSPS) is 12.3. The van der Waals surface area contributed by atoms with E-state index in [0.717, 1.165) is 44.9 Å². The molecule has 0 saturated carbocycles. The van der Waals surface area contributed by atoms with Gasteiger partial charge in [-0.15, -0.1) is 0 Å². The van der Waals surface area contributed by atoms with E-state index < -0.39 is 6.10 Å². The molecule has 0 aromatic rings. The smallest absolute Gasteiger partial charge is 0.306 e. The number of hydrogen-bond acceptors (Lipinski definition) is 5. The Morgan fingerprint density at radius 1 is 0.393 bits per heavy atom. The van der Waals surface area contributed by atoms with Crippen LogP contribution in [0.15, 0.2) is 24.3 Å². The number of unbranched alkanes of at least 4 members (excludes halogenated alkanes) is 31. The Balaban J connectivity index is 4.20. The molecule has 0 spiro atoms. The highest BCUT2D eigenvalue weighted by Gasteiger charge is 2.17. The van der Waals surface area contributed by atoms with E-state index in [0.29, 0.717) is 26.1 Å². The number of allylic oxidation sites excluding steroid dienone is 4. The quantitative estimate of drug-likeness (QED) is 0.0349. The summed E-state index contributed by atoms with van der Waals surface area (Å²) in [4.78, 5) is 25.3. The topological polar surface area (TPSA) is 61.8 Å². The lowest BCUT2D eigenvalue weighted by Crippen LogP contribution is -2.30. The number of ether oxygens (including phenoxy) is 3. The van der Waals surface area contributed by atoms with E-state index in [1.807, 2.05) is 0 Å². The largest absolute Gasteiger partial charge is 0.462 e. The van der Waals surface area contributed by atoms with Gasteiger partial charge in [0.05, 0.1) is 6.61 Å². The first-order valence-corrected chi connectivity index (χ1v) is 24.9. The van der Waals surface area contributed by atoms with Gasteiger partial charge in [-0.3, -0.25) is 9.59 Å². The summed E-state index contributed by atoms with van der Waals surface area (Å²) >= 11 is 0. The molecule has 0 aromatic heterocycles. The van der Waals surface area contributed by atoms with Crippen molar-refractivity contribution in [2.75, 3.05) is 19.8 Å². The molecule has 0 aromatic carbocycles. The number of hydrogen-bond donors (Lipinski definition) is 0. The van der Waals surface area contributed by atoms with Crippen molar-refractivity contribution in [3.63, 3.8) is 0 Å². The van der Waals surface area contributed by atoms with Crippen LogP contribution in [0.25, 0.3) is 0 Å². The van der Waals surface area contributed by atoms with Gasteiger partial charge in [0.1, 0.15) is 6.61 Å². The van der Waals surface area contributed by atoms with Crippen molar-refractivity contribution in [3.05, 3.63) is 24.3 Å². The molecule has 1 unspecified atom stereocenters. The van der Waals surface area contributed by atoms with E-state index in [1.165, 1.54) is 186 Å². The standard InChI is InChI=1S/C51H96O5/c1-4-7-10-13-16-19-22-24-25-26-27-28-30-32-35-38-41-44-50(52)55-48-49(47-54-46-43-40-37-34-31-23-20-17-14-11-8-5-2)56-51(53)45-42-39-36-33-29-21-18-15-12-9-6-3/h16,19,24-25,49H,4-15,17-18,20-23,26-48H2,1-3H3/b19-16-,25-24-. The second-order valence-corrected chi connectivity index (χ2v) is 16.7. The van der Waals surface area contributed by atoms with Gasteiger partial charge in [-0.1, -0.05) is 225 Å². The zero-order chi connectivity index (χ0) is 40.7. The molecule has 0 aliphatic rings. The molecule has 0 heterocycles. The van der Waals surface area contributed by atoms with Gasteiger partial charge < -0.3 is 14.2 Å². The molecule has 0 rings (SSSR count). The van der Waals surface area contributed by atoms with Gasteiger partial charge in [0.2, 0.25) is 0 Å². The van der Waals surface area contributed by atoms with Crippen LogP contribution in [0, 0.1) is 0 Å². The van der Waals surface area contributed by atoms with Crippen LogP contribution in [0.4, 0.5) is 0 Å². The van der Waals surface area contributed by atoms with Crippen LogP contribution in [-0.2, 0) is 23.8 Å². The molecule has 0 N–H and O–H groups in total. The van der Waals surface area contributed by atoms with Gasteiger partial charge >= 0.3 is 11.9 Å². The predicted octanol–water partition coefficient (Wildman–Crippen LogP) is 16.5. The lowest BCUT2D eigenvalue weighted by Gasteiger charge is -2.18. The second-order valence-electron chi connectivity index (χ2n) is 16.7. The van der Waals surface area contributed by atoms with E-state index >= 15 is 0 Å². The average Bonchev–Trinajstić information content (AvgIpc) is 3.20. The van der Waals surface area contributed by atoms with Crippen molar-refractivity contribution in [2.24, 2.45) is 0 Å². The van der Waals surface area contributed by atoms with Crippen LogP contribution in [0.5, 0.6) is 0 Å². The van der Waals surface area contributed by atoms with E-state index in [9.17, 15) is 9.59 Å². The van der Waals surface area contributed by atoms with Gasteiger partial charge in [-0.05, 0) is 51.4 Å². The molecule has 330 valence electrons. The van der Waals surface area contributed by atoms with Crippen LogP contribution >= 0.6 is 0 Å². The first kappa shape index (κ1) is 54.4. The molecule has 5 heteroatoms. The number of rotatable bonds is 46. The maximum absolute atomic E-state index is 12.7. The van der Waals surface area contributed by atoms with Crippen LogP contribution in [-0.4, -0.2) is 37.9 Å². The number of esters is 2. The molecule has 0 aliphatic heterocycles. The minimum absolute atomic E-state index is 0.0883. The maximum Gasteiger partial charge on any atom is 0.306 e. The summed E-state index contributed by atoms with van der Waals surface area (Å²) in [6, 6.07) is 0. The highest BCUT2D eigenvalue weighted by atomic mass is 16.6. The Bertz CT molecular complexity index is 851. The Morgan fingerprint density at radius 3 is 1.21 bits per heavy atom. The molecule has 0 saturated heterocycles. The molecular formula is C51H96O5. The van der Waals surface area contributed by atoms with Crippen molar-refractivity contribution < 1.29 is 23.8 Å². The molecule has 56 heavy (non-hydrogen) atoms. The molecule has 5 nitrogen and oxygen atoms in total. The zero-order valence-electron chi connectivity index (χ0n) is 37.9. The summed E-state index contributed by atoms with van der Waals surface area (Å²) in [7, 11) is 0. The Kier molecular flexibility index (Phi) is 46.4. The summed E-state index contributed by atoms with van der Waals surface area (Å²) < 4.78 is 17.4. The van der Waals surface area contributed by atoms with E-state index in [4.69, 9.17) is 14.2 Å². The molecule has 0 amide bonds. The Morgan fingerprint density at radius 2 is 0.750 bits per heavy atom. The minimum atomic E-state index is -0.529. The SMILES string of the molecule is CCCCC/C=C\C/C=C\CCCCCCCCCC(=O)OCC(COCCCCCCCCCCCCCC)OC(=O)CCCCCCCCCCCCC. The Labute approximate surface area is 349 Å². The van der Waals surface area contributed by atoms with E-state index in [-0.39, 0.29) is 18.5 Å². The summed E-state index contributed by atoms with van der Waals surface area (Å²) in [6.45, 7) is 7.83. The van der Waals surface area contributed by atoms with Crippen molar-refractivity contribution in [1.82, 2.24) is 0 Å². The molecule has 1 atom stereocenters. The third-order valence-electron chi connectivity index (χ3n) is 11.0. The van der Waals surface area contributed by atoms with E-state index in [1.54, 1.807) is 0 Å². The number of carbonyl (C=O) groups excluding carboxylic acids is 2. The van der Waals surface area contributed by atoms with Crippen molar-refractivity contribution >= 4 is 11.9 Å². The highest BCUT2D eigenvalue weighted by Crippen LogP contribution is 2.15. The third kappa shape index (κ3) is 45.1. The van der Waals surface area contributed by atoms with Crippen LogP contribution in [0.1, 0.15) is 265 Å². The van der Waals surface area contributed by atoms with Gasteiger partial charge in [-0.25, -0.2) is 0 Å². The van der Waals surface area contributed by atoms with Gasteiger partial charge in [0.25, 0.3) is 0 Å². The highest BCUT2D eigenvalue weighted by molar-refractivity contribution is 5.70. The average molecular weight is 789 g/mol. The Hall–Kier alpha value is -1.62. The second kappa shape index (κ2) is 47.8. The minimum Gasteiger partial charge on any atom is -0.462 e. The molecular weight excluding hydrogens is 693 g/mol. The molecule has 0 fully saturated rings. The first-order chi connectivity index (χ1) is 27.6. The third-order valence-corrected chi connectivity index (χ3v) is 11.0. The fourth-order valence-electron chi connectivity index (χ4n) is 7.25. The summed E-state index contributed by atoms with van der Waals surface area (Å²) in [5.74, 6) is -0.391.